The molecule has 0 unspecified atom stereocenters. The number of rotatable bonds is 6. The Morgan fingerprint density at radius 3 is 2.81 bits per heavy atom. The number of hydrogen-bond donors (Lipinski definition) is 2. The maximum atomic E-state index is 12.5. The number of nitrogens with zero attached hydrogens (tertiary/aromatic N) is 2. The predicted molar refractivity (Wildman–Crippen MR) is 82.8 cm³/mol. The van der Waals surface area contributed by atoms with Crippen molar-refractivity contribution in [3.8, 4) is 0 Å². The van der Waals surface area contributed by atoms with Gasteiger partial charge in [0, 0.05) is 18.9 Å². The van der Waals surface area contributed by atoms with Gasteiger partial charge in [-0.25, -0.2) is 4.98 Å². The molecule has 2 rings (SSSR count). The fraction of sp³-hybridized carbons (Fsp3) is 0.286. The molecule has 0 fully saturated rings. The maximum Gasteiger partial charge on any atom is 0.281 e. The van der Waals surface area contributed by atoms with E-state index in [2.05, 4.69) is 20.0 Å². The van der Waals surface area contributed by atoms with Crippen LogP contribution in [0.4, 0.5) is 11.4 Å². The normalized spacial score (nSPS) is 11.1. The minimum Gasteiger partial charge on any atom is -0.383 e. The fourth-order valence-corrected chi connectivity index (χ4v) is 2.96. The van der Waals surface area contributed by atoms with E-state index in [9.17, 15) is 8.42 Å². The molecule has 0 aliphatic rings. The molecule has 7 heteroatoms. The van der Waals surface area contributed by atoms with E-state index in [1.165, 1.54) is 12.4 Å². The molecule has 0 atom stereocenters. The van der Waals surface area contributed by atoms with Crippen molar-refractivity contribution in [2.24, 2.45) is 0 Å². The third kappa shape index (κ3) is 3.91. The lowest BCUT2D eigenvalue weighted by molar-refractivity contribution is 0.598. The molecule has 0 spiro atoms. The van der Waals surface area contributed by atoms with Crippen molar-refractivity contribution in [3.63, 3.8) is 0 Å². The maximum absolute atomic E-state index is 12.5. The van der Waals surface area contributed by atoms with Gasteiger partial charge in [0.15, 0.2) is 5.03 Å². The number of pyridine rings is 2. The third-order valence-corrected chi connectivity index (χ3v) is 4.06. The van der Waals surface area contributed by atoms with E-state index in [4.69, 9.17) is 0 Å². The van der Waals surface area contributed by atoms with Crippen molar-refractivity contribution in [1.29, 1.82) is 0 Å². The number of nitrogens with one attached hydrogen (secondary N) is 2. The second-order valence-electron chi connectivity index (χ2n) is 4.64. The highest BCUT2D eigenvalue weighted by Gasteiger charge is 2.20. The highest BCUT2D eigenvalue weighted by molar-refractivity contribution is 7.92. The van der Waals surface area contributed by atoms with E-state index in [-0.39, 0.29) is 5.03 Å². The summed E-state index contributed by atoms with van der Waals surface area (Å²) >= 11 is 0. The van der Waals surface area contributed by atoms with Crippen LogP contribution in [0.2, 0.25) is 0 Å². The Bertz CT molecular complexity index is 716. The van der Waals surface area contributed by atoms with Crippen LogP contribution < -0.4 is 10.0 Å². The first-order chi connectivity index (χ1) is 10.0. The van der Waals surface area contributed by atoms with Gasteiger partial charge in [-0.15, -0.1) is 0 Å². The molecule has 0 aliphatic carbocycles. The molecular formula is C14H18N4O2S. The van der Waals surface area contributed by atoms with Crippen molar-refractivity contribution in [2.75, 3.05) is 16.6 Å². The van der Waals surface area contributed by atoms with E-state index >= 15 is 0 Å². The smallest absolute Gasteiger partial charge is 0.281 e. The zero-order chi connectivity index (χ0) is 15.3. The summed E-state index contributed by atoms with van der Waals surface area (Å²) in [6.07, 6.45) is 5.48. The van der Waals surface area contributed by atoms with Crippen LogP contribution in [0.3, 0.4) is 0 Å². The molecule has 0 aromatic carbocycles. The SMILES string of the molecule is CCCNc1cccnc1S(=O)(=O)Nc1cncc(C)c1. The van der Waals surface area contributed by atoms with Gasteiger partial charge < -0.3 is 5.32 Å². The third-order valence-electron chi connectivity index (χ3n) is 2.72. The zero-order valence-electron chi connectivity index (χ0n) is 12.0. The van der Waals surface area contributed by atoms with Crippen molar-refractivity contribution < 1.29 is 8.42 Å². The largest absolute Gasteiger partial charge is 0.383 e. The Morgan fingerprint density at radius 2 is 2.10 bits per heavy atom. The van der Waals surface area contributed by atoms with Crippen molar-refractivity contribution >= 4 is 21.4 Å². The van der Waals surface area contributed by atoms with Crippen LogP contribution in [0.1, 0.15) is 18.9 Å². The number of sulfonamides is 1. The topological polar surface area (TPSA) is 84.0 Å². The molecule has 2 aromatic heterocycles. The van der Waals surface area contributed by atoms with E-state index in [1.54, 1.807) is 24.4 Å². The molecule has 0 aliphatic heterocycles. The van der Waals surface area contributed by atoms with Crippen LogP contribution in [-0.4, -0.2) is 24.9 Å². The predicted octanol–water partition coefficient (Wildman–Crippen LogP) is 2.41. The van der Waals surface area contributed by atoms with E-state index < -0.39 is 10.0 Å². The number of hydrogen-bond acceptors (Lipinski definition) is 5. The molecule has 2 N–H and O–H groups in total. The Hall–Kier alpha value is -2.15. The van der Waals surface area contributed by atoms with Crippen molar-refractivity contribution in [1.82, 2.24) is 9.97 Å². The molecule has 0 radical (unpaired) electrons. The lowest BCUT2D eigenvalue weighted by Gasteiger charge is -2.12. The average molecular weight is 306 g/mol. The van der Waals surface area contributed by atoms with Gasteiger partial charge in [0.2, 0.25) is 0 Å². The van der Waals surface area contributed by atoms with Gasteiger partial charge in [0.1, 0.15) is 0 Å². The lowest BCUT2D eigenvalue weighted by atomic mass is 10.3. The summed E-state index contributed by atoms with van der Waals surface area (Å²) in [6, 6.07) is 5.11. The van der Waals surface area contributed by atoms with Crippen molar-refractivity contribution in [2.45, 2.75) is 25.3 Å². The molecule has 2 aromatic rings. The lowest BCUT2D eigenvalue weighted by Crippen LogP contribution is -2.17. The average Bonchev–Trinajstić information content (AvgIpc) is 2.45. The Balaban J connectivity index is 2.31. The quantitative estimate of drug-likeness (QED) is 0.856. The van der Waals surface area contributed by atoms with Crippen LogP contribution in [-0.2, 0) is 10.0 Å². The fourth-order valence-electron chi connectivity index (χ4n) is 1.81. The number of aryl methyl sites for hydroxylation is 1. The molecule has 6 nitrogen and oxygen atoms in total. The monoisotopic (exact) mass is 306 g/mol. The molecule has 0 saturated carbocycles. The summed E-state index contributed by atoms with van der Waals surface area (Å²) in [5.41, 5.74) is 1.79. The molecule has 0 amide bonds. The van der Waals surface area contributed by atoms with Gasteiger partial charge in [-0.05, 0) is 37.1 Å². The second kappa shape index (κ2) is 6.53. The molecule has 0 bridgehead atoms. The highest BCUT2D eigenvalue weighted by Crippen LogP contribution is 2.21. The minimum absolute atomic E-state index is 0.0139. The highest BCUT2D eigenvalue weighted by atomic mass is 32.2. The van der Waals surface area contributed by atoms with Crippen LogP contribution in [0.5, 0.6) is 0 Å². The van der Waals surface area contributed by atoms with Crippen LogP contribution in [0, 0.1) is 6.92 Å². The molecule has 21 heavy (non-hydrogen) atoms. The van der Waals surface area contributed by atoms with E-state index in [0.29, 0.717) is 17.9 Å². The number of anilines is 2. The summed E-state index contributed by atoms with van der Waals surface area (Å²) < 4.78 is 27.4. The zero-order valence-corrected chi connectivity index (χ0v) is 12.8. The molecular weight excluding hydrogens is 288 g/mol. The summed E-state index contributed by atoms with van der Waals surface area (Å²) in [5.74, 6) is 0. The Morgan fingerprint density at radius 1 is 1.29 bits per heavy atom. The van der Waals surface area contributed by atoms with E-state index in [0.717, 1.165) is 12.0 Å². The van der Waals surface area contributed by atoms with Gasteiger partial charge in [-0.2, -0.15) is 8.42 Å². The van der Waals surface area contributed by atoms with Crippen LogP contribution in [0.25, 0.3) is 0 Å². The first-order valence-electron chi connectivity index (χ1n) is 6.66. The molecule has 0 saturated heterocycles. The molecule has 2 heterocycles. The van der Waals surface area contributed by atoms with Gasteiger partial charge in [0.05, 0.1) is 17.6 Å². The van der Waals surface area contributed by atoms with Gasteiger partial charge in [0.25, 0.3) is 10.0 Å². The van der Waals surface area contributed by atoms with Crippen LogP contribution in [0.15, 0.2) is 41.8 Å². The second-order valence-corrected chi connectivity index (χ2v) is 6.24. The van der Waals surface area contributed by atoms with Gasteiger partial charge in [-0.3, -0.25) is 9.71 Å². The number of aromatic nitrogens is 2. The Kier molecular flexibility index (Phi) is 4.74. The van der Waals surface area contributed by atoms with Crippen molar-refractivity contribution in [3.05, 3.63) is 42.4 Å². The van der Waals surface area contributed by atoms with Crippen LogP contribution >= 0.6 is 0 Å². The summed E-state index contributed by atoms with van der Waals surface area (Å²) in [6.45, 7) is 4.54. The standard InChI is InChI=1S/C14H18N4O2S/c1-3-6-16-13-5-4-7-17-14(13)21(19,20)18-12-8-11(2)9-15-10-12/h4-5,7-10,16,18H,3,6H2,1-2H3. The first kappa shape index (κ1) is 15.2. The van der Waals surface area contributed by atoms with E-state index in [1.807, 2.05) is 13.8 Å². The Labute approximate surface area is 124 Å². The summed E-state index contributed by atoms with van der Waals surface area (Å²) in [7, 11) is -3.75. The first-order valence-corrected chi connectivity index (χ1v) is 8.14. The minimum atomic E-state index is -3.75. The van der Waals surface area contributed by atoms with Gasteiger partial charge >= 0.3 is 0 Å². The summed E-state index contributed by atoms with van der Waals surface area (Å²) in [4.78, 5) is 7.96. The van der Waals surface area contributed by atoms with Gasteiger partial charge in [-0.1, -0.05) is 6.92 Å². The molecule has 112 valence electrons. The summed E-state index contributed by atoms with van der Waals surface area (Å²) in [5, 5.41) is 3.05.